The SMILES string of the molecule is CC(C)(C)c1ccccc1C(Cc1nccs1)NN. The molecule has 0 amide bonds. The van der Waals surface area contributed by atoms with Crippen molar-refractivity contribution >= 4 is 11.3 Å². The summed E-state index contributed by atoms with van der Waals surface area (Å²) in [5.41, 5.74) is 5.63. The molecule has 0 aliphatic rings. The fourth-order valence-electron chi connectivity index (χ4n) is 2.27. The van der Waals surface area contributed by atoms with E-state index >= 15 is 0 Å². The van der Waals surface area contributed by atoms with Crippen LogP contribution in [-0.2, 0) is 11.8 Å². The molecule has 0 radical (unpaired) electrons. The first-order valence-corrected chi connectivity index (χ1v) is 7.34. The molecule has 0 saturated heterocycles. The van der Waals surface area contributed by atoms with Crippen molar-refractivity contribution in [2.24, 2.45) is 5.84 Å². The summed E-state index contributed by atoms with van der Waals surface area (Å²) in [6, 6.07) is 8.58. The molecule has 1 aromatic carbocycles. The number of hydrogen-bond acceptors (Lipinski definition) is 4. The van der Waals surface area contributed by atoms with Crippen molar-refractivity contribution in [1.29, 1.82) is 0 Å². The van der Waals surface area contributed by atoms with Crippen LogP contribution in [0.1, 0.15) is 42.9 Å². The van der Waals surface area contributed by atoms with E-state index in [-0.39, 0.29) is 11.5 Å². The highest BCUT2D eigenvalue weighted by atomic mass is 32.1. The molecule has 3 nitrogen and oxygen atoms in total. The number of nitrogens with two attached hydrogens (primary N) is 1. The van der Waals surface area contributed by atoms with Gasteiger partial charge in [-0.3, -0.25) is 11.3 Å². The lowest BCUT2D eigenvalue weighted by Gasteiger charge is -2.27. The number of nitrogens with one attached hydrogen (secondary N) is 1. The van der Waals surface area contributed by atoms with Crippen LogP contribution in [0.2, 0.25) is 0 Å². The quantitative estimate of drug-likeness (QED) is 0.665. The van der Waals surface area contributed by atoms with E-state index in [1.54, 1.807) is 11.3 Å². The number of aromatic nitrogens is 1. The number of hydrogen-bond donors (Lipinski definition) is 2. The van der Waals surface area contributed by atoms with Gasteiger partial charge in [-0.2, -0.15) is 0 Å². The monoisotopic (exact) mass is 275 g/mol. The topological polar surface area (TPSA) is 50.9 Å². The maximum atomic E-state index is 5.76. The summed E-state index contributed by atoms with van der Waals surface area (Å²) < 4.78 is 0. The minimum absolute atomic E-state index is 0.0987. The lowest BCUT2D eigenvalue weighted by molar-refractivity contribution is 0.517. The molecule has 1 aromatic heterocycles. The molecule has 0 fully saturated rings. The second-order valence-corrected chi connectivity index (χ2v) is 6.67. The van der Waals surface area contributed by atoms with Crippen LogP contribution in [0.15, 0.2) is 35.8 Å². The summed E-state index contributed by atoms with van der Waals surface area (Å²) in [5.74, 6) is 5.76. The summed E-state index contributed by atoms with van der Waals surface area (Å²) in [5, 5.41) is 3.10. The van der Waals surface area contributed by atoms with Gasteiger partial charge in [0.05, 0.1) is 11.0 Å². The van der Waals surface area contributed by atoms with Crippen LogP contribution in [0.5, 0.6) is 0 Å². The van der Waals surface area contributed by atoms with E-state index in [1.807, 2.05) is 11.6 Å². The Kier molecular flexibility index (Phi) is 4.34. The molecule has 2 rings (SSSR count). The van der Waals surface area contributed by atoms with Crippen molar-refractivity contribution in [3.05, 3.63) is 52.0 Å². The molecule has 2 aromatic rings. The molecule has 1 unspecified atom stereocenters. The first kappa shape index (κ1) is 14.2. The van der Waals surface area contributed by atoms with Crippen molar-refractivity contribution in [2.45, 2.75) is 38.6 Å². The zero-order chi connectivity index (χ0) is 13.9. The van der Waals surface area contributed by atoms with Crippen LogP contribution in [0.4, 0.5) is 0 Å². The fourth-order valence-corrected chi connectivity index (χ4v) is 2.93. The molecule has 1 heterocycles. The number of benzene rings is 1. The molecule has 4 heteroatoms. The van der Waals surface area contributed by atoms with Gasteiger partial charge in [-0.25, -0.2) is 4.98 Å². The standard InChI is InChI=1S/C15H21N3S/c1-15(2,3)12-7-5-4-6-11(12)13(18-16)10-14-17-8-9-19-14/h4-9,13,18H,10,16H2,1-3H3. The van der Waals surface area contributed by atoms with Crippen molar-refractivity contribution in [3.8, 4) is 0 Å². The number of rotatable bonds is 4. The zero-order valence-electron chi connectivity index (χ0n) is 11.7. The Labute approximate surface area is 118 Å². The minimum atomic E-state index is 0.0987. The second kappa shape index (κ2) is 5.82. The fraction of sp³-hybridized carbons (Fsp3) is 0.400. The van der Waals surface area contributed by atoms with Gasteiger partial charge in [0, 0.05) is 18.0 Å². The van der Waals surface area contributed by atoms with E-state index in [1.165, 1.54) is 11.1 Å². The van der Waals surface area contributed by atoms with Gasteiger partial charge in [0.2, 0.25) is 0 Å². The van der Waals surface area contributed by atoms with Crippen molar-refractivity contribution in [2.75, 3.05) is 0 Å². The number of nitrogens with zero attached hydrogens (tertiary/aromatic N) is 1. The lowest BCUT2D eigenvalue weighted by atomic mass is 9.81. The third kappa shape index (κ3) is 3.41. The predicted octanol–water partition coefficient (Wildman–Crippen LogP) is 3.19. The van der Waals surface area contributed by atoms with E-state index in [0.29, 0.717) is 0 Å². The first-order chi connectivity index (χ1) is 9.02. The molecular weight excluding hydrogens is 254 g/mol. The summed E-state index contributed by atoms with van der Waals surface area (Å²) >= 11 is 1.67. The number of thiazole rings is 1. The predicted molar refractivity (Wildman–Crippen MR) is 81.0 cm³/mol. The molecule has 1 atom stereocenters. The van der Waals surface area contributed by atoms with E-state index in [4.69, 9.17) is 5.84 Å². The highest BCUT2D eigenvalue weighted by Crippen LogP contribution is 2.31. The van der Waals surface area contributed by atoms with Gasteiger partial charge in [-0.05, 0) is 16.5 Å². The number of hydrazine groups is 1. The van der Waals surface area contributed by atoms with E-state index in [0.717, 1.165) is 11.4 Å². The highest BCUT2D eigenvalue weighted by Gasteiger charge is 2.22. The Hall–Kier alpha value is -1.23. The van der Waals surface area contributed by atoms with Gasteiger partial charge in [-0.15, -0.1) is 11.3 Å². The largest absolute Gasteiger partial charge is 0.271 e. The van der Waals surface area contributed by atoms with Gasteiger partial charge in [0.1, 0.15) is 0 Å². The first-order valence-electron chi connectivity index (χ1n) is 6.46. The van der Waals surface area contributed by atoms with E-state index in [2.05, 4.69) is 55.4 Å². The van der Waals surface area contributed by atoms with E-state index < -0.39 is 0 Å². The smallest absolute Gasteiger partial charge is 0.0944 e. The molecular formula is C15H21N3S. The molecule has 19 heavy (non-hydrogen) atoms. The maximum Gasteiger partial charge on any atom is 0.0944 e. The third-order valence-electron chi connectivity index (χ3n) is 3.21. The summed E-state index contributed by atoms with van der Waals surface area (Å²) in [4.78, 5) is 4.34. The lowest BCUT2D eigenvalue weighted by Crippen LogP contribution is -2.31. The Morgan fingerprint density at radius 1 is 1.32 bits per heavy atom. The Morgan fingerprint density at radius 3 is 2.63 bits per heavy atom. The summed E-state index contributed by atoms with van der Waals surface area (Å²) in [6.45, 7) is 6.68. The molecule has 0 bridgehead atoms. The maximum absolute atomic E-state index is 5.76. The Balaban J connectivity index is 2.33. The van der Waals surface area contributed by atoms with Crippen LogP contribution in [0.25, 0.3) is 0 Å². The van der Waals surface area contributed by atoms with Crippen molar-refractivity contribution < 1.29 is 0 Å². The minimum Gasteiger partial charge on any atom is -0.271 e. The normalized spacial score (nSPS) is 13.5. The zero-order valence-corrected chi connectivity index (χ0v) is 12.5. The molecule has 0 aliphatic carbocycles. The second-order valence-electron chi connectivity index (χ2n) is 5.69. The van der Waals surface area contributed by atoms with Gasteiger partial charge >= 0.3 is 0 Å². The Morgan fingerprint density at radius 2 is 2.05 bits per heavy atom. The van der Waals surface area contributed by atoms with Crippen LogP contribution < -0.4 is 11.3 Å². The van der Waals surface area contributed by atoms with Gasteiger partial charge in [0.15, 0.2) is 0 Å². The summed E-state index contributed by atoms with van der Waals surface area (Å²) in [7, 11) is 0. The van der Waals surface area contributed by atoms with Gasteiger partial charge < -0.3 is 0 Å². The van der Waals surface area contributed by atoms with Crippen LogP contribution >= 0.6 is 11.3 Å². The molecule has 102 valence electrons. The van der Waals surface area contributed by atoms with E-state index in [9.17, 15) is 0 Å². The molecule has 0 saturated carbocycles. The molecule has 0 spiro atoms. The third-order valence-corrected chi connectivity index (χ3v) is 4.01. The van der Waals surface area contributed by atoms with Crippen molar-refractivity contribution in [3.63, 3.8) is 0 Å². The van der Waals surface area contributed by atoms with Gasteiger partial charge in [0.25, 0.3) is 0 Å². The average molecular weight is 275 g/mol. The van der Waals surface area contributed by atoms with Crippen LogP contribution in [0, 0.1) is 0 Å². The van der Waals surface area contributed by atoms with Crippen LogP contribution in [0.3, 0.4) is 0 Å². The van der Waals surface area contributed by atoms with Crippen molar-refractivity contribution in [1.82, 2.24) is 10.4 Å². The Bertz CT molecular complexity index is 514. The summed E-state index contributed by atoms with van der Waals surface area (Å²) in [6.07, 6.45) is 2.66. The van der Waals surface area contributed by atoms with Gasteiger partial charge in [-0.1, -0.05) is 45.0 Å². The highest BCUT2D eigenvalue weighted by molar-refractivity contribution is 7.09. The average Bonchev–Trinajstić information content (AvgIpc) is 2.88. The molecule has 3 N–H and O–H groups in total. The molecule has 0 aliphatic heterocycles. The van der Waals surface area contributed by atoms with Crippen LogP contribution in [-0.4, -0.2) is 4.98 Å².